The van der Waals surface area contributed by atoms with Gasteiger partial charge in [0.15, 0.2) is 17.5 Å². The molecule has 57 heavy (non-hydrogen) atoms. The molecule has 0 bridgehead atoms. The molecule has 12 aromatic rings. The molecule has 0 N–H and O–H groups in total. The van der Waals surface area contributed by atoms with E-state index >= 15 is 0 Å². The zero-order chi connectivity index (χ0) is 37.6. The molecule has 0 saturated carbocycles. The fourth-order valence-corrected chi connectivity index (χ4v) is 9.33. The van der Waals surface area contributed by atoms with Crippen molar-refractivity contribution in [3.05, 3.63) is 174 Å². The standard InChI is InChI=1S/C50H27N3O3S/c54-45-35-22-20-33(26-42(35)55-41-23-21-32(25-38(41)45)31-19-18-28-10-4-5-13-30(28)24-31)49-51-48(29-11-2-1-3-12-29)52-50(53-49)39-27-37-34-14-6-8-16-40(34)56-46(37)44-36-15-7-9-17-43(36)57-47(39)44/h1-27H. The summed E-state index contributed by atoms with van der Waals surface area (Å²) in [6, 6.07) is 54.7. The Morgan fingerprint density at radius 2 is 1.11 bits per heavy atom. The van der Waals surface area contributed by atoms with Gasteiger partial charge >= 0.3 is 0 Å². The van der Waals surface area contributed by atoms with Gasteiger partial charge in [0.05, 0.1) is 15.5 Å². The summed E-state index contributed by atoms with van der Waals surface area (Å²) in [5.74, 6) is 1.56. The van der Waals surface area contributed by atoms with Crippen LogP contribution in [-0.2, 0) is 0 Å². The highest BCUT2D eigenvalue weighted by molar-refractivity contribution is 7.26. The summed E-state index contributed by atoms with van der Waals surface area (Å²) in [6.45, 7) is 0. The van der Waals surface area contributed by atoms with Crippen LogP contribution in [0.2, 0.25) is 0 Å². The average molecular weight is 750 g/mol. The Bertz CT molecular complexity index is 3680. The monoisotopic (exact) mass is 749 g/mol. The van der Waals surface area contributed by atoms with Crippen molar-refractivity contribution in [1.29, 1.82) is 0 Å². The van der Waals surface area contributed by atoms with Crippen LogP contribution < -0.4 is 5.43 Å². The minimum Gasteiger partial charge on any atom is -0.456 e. The lowest BCUT2D eigenvalue weighted by atomic mass is 9.99. The molecule has 0 atom stereocenters. The first kappa shape index (κ1) is 31.8. The van der Waals surface area contributed by atoms with Crippen LogP contribution in [0.25, 0.3) is 120 Å². The number of rotatable bonds is 4. The van der Waals surface area contributed by atoms with Gasteiger partial charge in [-0.1, -0.05) is 115 Å². The molecule has 0 aliphatic heterocycles. The molecule has 0 saturated heterocycles. The fourth-order valence-electron chi connectivity index (χ4n) is 8.11. The molecule has 266 valence electrons. The molecular formula is C50H27N3O3S. The maximum absolute atomic E-state index is 14.1. The molecule has 0 aliphatic carbocycles. The summed E-state index contributed by atoms with van der Waals surface area (Å²) in [6.07, 6.45) is 0. The summed E-state index contributed by atoms with van der Waals surface area (Å²) in [5.41, 5.74) is 7.04. The lowest BCUT2D eigenvalue weighted by Gasteiger charge is -2.10. The van der Waals surface area contributed by atoms with Crippen molar-refractivity contribution >= 4 is 86.2 Å². The fraction of sp³-hybridized carbons (Fsp3) is 0. The van der Waals surface area contributed by atoms with Gasteiger partial charge in [-0.3, -0.25) is 4.79 Å². The lowest BCUT2D eigenvalue weighted by Crippen LogP contribution is -2.03. The van der Waals surface area contributed by atoms with E-state index < -0.39 is 0 Å². The summed E-state index contributed by atoms with van der Waals surface area (Å²) in [4.78, 5) is 29.4. The normalized spacial score (nSPS) is 11.9. The van der Waals surface area contributed by atoms with E-state index in [4.69, 9.17) is 23.8 Å². The van der Waals surface area contributed by atoms with Crippen molar-refractivity contribution in [3.8, 4) is 45.3 Å². The number of benzene rings is 8. The number of aromatic nitrogens is 3. The number of fused-ring (bicyclic) bond motifs is 10. The molecule has 7 heteroatoms. The third kappa shape index (κ3) is 5.03. The highest BCUT2D eigenvalue weighted by atomic mass is 32.1. The van der Waals surface area contributed by atoms with Crippen molar-refractivity contribution in [2.45, 2.75) is 0 Å². The molecule has 0 spiro atoms. The van der Waals surface area contributed by atoms with E-state index in [9.17, 15) is 4.79 Å². The van der Waals surface area contributed by atoms with Crippen molar-refractivity contribution in [3.63, 3.8) is 0 Å². The number of hydrogen-bond donors (Lipinski definition) is 0. The van der Waals surface area contributed by atoms with Crippen molar-refractivity contribution < 1.29 is 8.83 Å². The van der Waals surface area contributed by atoms with Gasteiger partial charge in [-0.15, -0.1) is 11.3 Å². The Balaban J connectivity index is 1.05. The van der Waals surface area contributed by atoms with E-state index in [2.05, 4.69) is 66.7 Å². The summed E-state index contributed by atoms with van der Waals surface area (Å²) >= 11 is 1.71. The molecule has 0 fully saturated rings. The van der Waals surface area contributed by atoms with Crippen LogP contribution in [0.3, 0.4) is 0 Å². The molecule has 12 rings (SSSR count). The van der Waals surface area contributed by atoms with Crippen LogP contribution in [0.5, 0.6) is 0 Å². The third-order valence-corrected chi connectivity index (χ3v) is 12.1. The van der Waals surface area contributed by atoms with E-state index in [0.29, 0.717) is 45.0 Å². The number of thiophene rings is 1. The van der Waals surface area contributed by atoms with Crippen molar-refractivity contribution in [1.82, 2.24) is 15.0 Å². The smallest absolute Gasteiger partial charge is 0.200 e. The first-order valence-corrected chi connectivity index (χ1v) is 19.5. The zero-order valence-corrected chi connectivity index (χ0v) is 30.9. The van der Waals surface area contributed by atoms with E-state index in [0.717, 1.165) is 69.8 Å². The molecule has 0 amide bonds. The number of furan rings is 1. The summed E-state index contributed by atoms with van der Waals surface area (Å²) < 4.78 is 15.2. The largest absolute Gasteiger partial charge is 0.456 e. The lowest BCUT2D eigenvalue weighted by molar-refractivity contribution is 0.660. The van der Waals surface area contributed by atoms with E-state index in [1.807, 2.05) is 97.1 Å². The summed E-state index contributed by atoms with van der Waals surface area (Å²) in [7, 11) is 0. The molecular weight excluding hydrogens is 723 g/mol. The quantitative estimate of drug-likeness (QED) is 0.167. The van der Waals surface area contributed by atoms with Gasteiger partial charge in [-0.2, -0.15) is 0 Å². The maximum Gasteiger partial charge on any atom is 0.200 e. The predicted octanol–water partition coefficient (Wildman–Crippen LogP) is 13.2. The molecule has 6 nitrogen and oxygen atoms in total. The van der Waals surface area contributed by atoms with Crippen LogP contribution in [0.1, 0.15) is 0 Å². The highest BCUT2D eigenvalue weighted by Gasteiger charge is 2.22. The SMILES string of the molecule is O=c1c2ccc(-c3nc(-c4ccccc4)nc(-c4cc5c6ccccc6oc5c5c4sc4ccccc45)n3)cc2oc2ccc(-c3ccc4ccccc4c3)cc12. The second-order valence-corrected chi connectivity index (χ2v) is 15.3. The second kappa shape index (κ2) is 12.3. The molecule has 4 aromatic heterocycles. The maximum atomic E-state index is 14.1. The van der Waals surface area contributed by atoms with E-state index in [-0.39, 0.29) is 5.43 Å². The first-order chi connectivity index (χ1) is 28.1. The zero-order valence-electron chi connectivity index (χ0n) is 30.1. The van der Waals surface area contributed by atoms with Crippen LogP contribution in [0.15, 0.2) is 177 Å². The Hall–Kier alpha value is -7.48. The van der Waals surface area contributed by atoms with Crippen molar-refractivity contribution in [2.24, 2.45) is 0 Å². The van der Waals surface area contributed by atoms with E-state index in [1.165, 1.54) is 5.39 Å². The van der Waals surface area contributed by atoms with Gasteiger partial charge < -0.3 is 8.83 Å². The minimum atomic E-state index is -0.0884. The van der Waals surface area contributed by atoms with Gasteiger partial charge in [-0.05, 0) is 70.4 Å². The molecule has 0 radical (unpaired) electrons. The second-order valence-electron chi connectivity index (χ2n) is 14.3. The number of nitrogens with zero attached hydrogens (tertiary/aromatic N) is 3. The van der Waals surface area contributed by atoms with Crippen LogP contribution in [0.4, 0.5) is 0 Å². The molecule has 0 aliphatic rings. The van der Waals surface area contributed by atoms with Crippen LogP contribution in [0, 0.1) is 0 Å². The van der Waals surface area contributed by atoms with Crippen LogP contribution in [-0.4, -0.2) is 15.0 Å². The minimum absolute atomic E-state index is 0.0884. The Labute approximate surface area is 327 Å². The molecule has 4 heterocycles. The van der Waals surface area contributed by atoms with Gasteiger partial charge in [0, 0.05) is 42.9 Å². The Kier molecular flexibility index (Phi) is 6.85. The number of para-hydroxylation sites is 1. The topological polar surface area (TPSA) is 82.0 Å². The first-order valence-electron chi connectivity index (χ1n) is 18.7. The van der Waals surface area contributed by atoms with Crippen LogP contribution >= 0.6 is 11.3 Å². The highest BCUT2D eigenvalue weighted by Crippen LogP contribution is 2.46. The molecule has 0 unspecified atom stereocenters. The molecule has 8 aromatic carbocycles. The summed E-state index contributed by atoms with van der Waals surface area (Å²) in [5, 5.41) is 7.55. The predicted molar refractivity (Wildman–Crippen MR) is 233 cm³/mol. The van der Waals surface area contributed by atoms with Gasteiger partial charge in [-0.25, -0.2) is 15.0 Å². The van der Waals surface area contributed by atoms with Gasteiger partial charge in [0.25, 0.3) is 0 Å². The van der Waals surface area contributed by atoms with Gasteiger partial charge in [0.1, 0.15) is 22.3 Å². The Morgan fingerprint density at radius 1 is 0.421 bits per heavy atom. The number of hydrogen-bond acceptors (Lipinski definition) is 7. The van der Waals surface area contributed by atoms with Crippen molar-refractivity contribution in [2.75, 3.05) is 0 Å². The van der Waals surface area contributed by atoms with Gasteiger partial charge in [0.2, 0.25) is 5.43 Å². The van der Waals surface area contributed by atoms with E-state index in [1.54, 1.807) is 11.3 Å². The Morgan fingerprint density at radius 3 is 2.00 bits per heavy atom. The average Bonchev–Trinajstić information content (AvgIpc) is 3.85. The third-order valence-electron chi connectivity index (χ3n) is 10.9.